The van der Waals surface area contributed by atoms with E-state index in [0.717, 1.165) is 6.07 Å². The fourth-order valence-corrected chi connectivity index (χ4v) is 6.00. The second kappa shape index (κ2) is 18.8. The van der Waals surface area contributed by atoms with E-state index in [4.69, 9.17) is 24.4 Å². The van der Waals surface area contributed by atoms with Crippen LogP contribution in [-0.2, 0) is 19.1 Å². The molecule has 0 radical (unpaired) electrons. The molecule has 0 aliphatic carbocycles. The lowest BCUT2D eigenvalue weighted by molar-refractivity contribution is -0.149. The number of hydrogen-bond donors (Lipinski definition) is 3. The fraction of sp³-hybridized carbons (Fsp3) is 0.211. The van der Waals surface area contributed by atoms with Crippen molar-refractivity contribution < 1.29 is 48.0 Å². The fourth-order valence-electron chi connectivity index (χ4n) is 5.18. The van der Waals surface area contributed by atoms with Crippen LogP contribution in [0.25, 0.3) is 16.6 Å². The van der Waals surface area contributed by atoms with Gasteiger partial charge in [0.15, 0.2) is 11.6 Å². The molecular weight excluding hydrogens is 832 g/mol. The highest BCUT2D eigenvalue weighted by atomic mass is 127. The number of carboxylic acid groups (broad SMARTS) is 2. The van der Waals surface area contributed by atoms with Gasteiger partial charge in [0.05, 0.1) is 30.6 Å². The minimum absolute atomic E-state index is 0.0642. The summed E-state index contributed by atoms with van der Waals surface area (Å²) >= 11 is 2.09. The van der Waals surface area contributed by atoms with Gasteiger partial charge in [0.25, 0.3) is 11.5 Å². The Morgan fingerprint density at radius 3 is 2.25 bits per heavy atom. The molecule has 2 atom stereocenters. The summed E-state index contributed by atoms with van der Waals surface area (Å²) in [5, 5.41) is 18.9. The van der Waals surface area contributed by atoms with Gasteiger partial charge in [-0.05, 0) is 70.4 Å². The Labute approximate surface area is 327 Å². The Bertz CT molecular complexity index is 2280. The molecule has 3 N–H and O–H groups in total. The molecule has 0 spiro atoms. The molecule has 5 aromatic rings. The minimum atomic E-state index is -1.26. The first-order valence-electron chi connectivity index (χ1n) is 16.3. The number of carbonyl (C=O) groups excluding carboxylic acids is 2. The highest BCUT2D eigenvalue weighted by molar-refractivity contribution is 14.1. The Balaban J connectivity index is 0.000000757. The quantitative estimate of drug-likeness (QED) is 0.0557. The van der Waals surface area contributed by atoms with Crippen molar-refractivity contribution >= 4 is 63.0 Å². The smallest absolute Gasteiger partial charge is 0.328 e. The Morgan fingerprint density at radius 2 is 1.65 bits per heavy atom. The third kappa shape index (κ3) is 10.8. The molecule has 0 aliphatic rings. The van der Waals surface area contributed by atoms with E-state index in [9.17, 15) is 24.0 Å². The number of likely N-dealkylation sites (N-methyl/N-ethyl adjacent to an activating group) is 1. The second-order valence-electron chi connectivity index (χ2n) is 12.0. The number of alkyl halides is 1. The van der Waals surface area contributed by atoms with Crippen molar-refractivity contribution in [2.45, 2.75) is 24.0 Å². The summed E-state index contributed by atoms with van der Waals surface area (Å²) in [6.45, 7) is 3.45. The molecule has 0 aliphatic heterocycles. The van der Waals surface area contributed by atoms with Gasteiger partial charge in [0.2, 0.25) is 0 Å². The summed E-state index contributed by atoms with van der Waals surface area (Å²) in [5.41, 5.74) is 0.877. The average Bonchev–Trinajstić information content (AvgIpc) is 3.40. The number of halogens is 2. The molecule has 288 valence electrons. The monoisotopic (exact) mass is 869 g/mol. The van der Waals surface area contributed by atoms with E-state index in [1.165, 1.54) is 16.8 Å². The maximum Gasteiger partial charge on any atom is 0.328 e. The van der Waals surface area contributed by atoms with Gasteiger partial charge in [-0.25, -0.2) is 18.7 Å². The molecule has 5 rings (SSSR count). The summed E-state index contributed by atoms with van der Waals surface area (Å²) in [5.74, 6) is -3.43. The molecule has 3 aromatic carbocycles. The number of aromatic nitrogens is 3. The van der Waals surface area contributed by atoms with Crippen LogP contribution in [0.4, 0.5) is 10.1 Å². The number of para-hydroxylation sites is 1. The largest absolute Gasteiger partial charge is 0.497 e. The van der Waals surface area contributed by atoms with Crippen LogP contribution in [-0.4, -0.2) is 87.1 Å². The van der Waals surface area contributed by atoms with Gasteiger partial charge in [-0.1, -0.05) is 40.8 Å². The molecule has 15 nitrogen and oxygen atoms in total. The van der Waals surface area contributed by atoms with E-state index in [1.807, 2.05) is 6.07 Å². The molecule has 0 fully saturated rings. The Hall–Kier alpha value is -6.08. The number of anilines is 1. The maximum atomic E-state index is 15.3. The lowest BCUT2D eigenvalue weighted by atomic mass is 10.2. The van der Waals surface area contributed by atoms with Crippen molar-refractivity contribution in [1.29, 1.82) is 0 Å². The summed E-state index contributed by atoms with van der Waals surface area (Å²) < 4.78 is 34.5. The molecule has 0 saturated heterocycles. The van der Waals surface area contributed by atoms with Crippen LogP contribution >= 0.6 is 22.6 Å². The van der Waals surface area contributed by atoms with Crippen LogP contribution in [0.5, 0.6) is 17.2 Å². The van der Waals surface area contributed by atoms with Crippen molar-refractivity contribution in [3.63, 3.8) is 0 Å². The number of ether oxygens (including phenoxy) is 3. The van der Waals surface area contributed by atoms with E-state index in [1.54, 1.807) is 99.4 Å². The first kappa shape index (κ1) is 41.7. The number of esters is 1. The molecule has 0 saturated carbocycles. The van der Waals surface area contributed by atoms with Crippen LogP contribution in [0.15, 0.2) is 95.9 Å². The number of pyridine rings is 1. The number of hydrogen-bond acceptors (Lipinski definition) is 10. The molecule has 2 aromatic heterocycles. The zero-order valence-corrected chi connectivity index (χ0v) is 32.4. The number of methoxy groups -OCH3 is 1. The number of aliphatic carboxylic acids is 2. The van der Waals surface area contributed by atoms with E-state index in [0.29, 0.717) is 45.9 Å². The van der Waals surface area contributed by atoms with Gasteiger partial charge >= 0.3 is 17.9 Å². The number of nitrogens with zero attached hydrogens (tertiary/aromatic N) is 4. The predicted octanol–water partition coefficient (Wildman–Crippen LogP) is 5.83. The molecule has 1 amide bonds. The second-order valence-corrected chi connectivity index (χ2v) is 13.2. The molecule has 17 heteroatoms. The summed E-state index contributed by atoms with van der Waals surface area (Å²) in [6.07, 6.45) is 2.01. The predicted molar refractivity (Wildman–Crippen MR) is 209 cm³/mol. The number of nitrogens with one attached hydrogen (secondary N) is 1. The lowest BCUT2D eigenvalue weighted by Crippen LogP contribution is -2.32. The summed E-state index contributed by atoms with van der Waals surface area (Å²) in [4.78, 5) is 65.0. The van der Waals surface area contributed by atoms with Crippen molar-refractivity contribution in [3.05, 3.63) is 119 Å². The van der Waals surface area contributed by atoms with Gasteiger partial charge in [0.1, 0.15) is 27.2 Å². The van der Waals surface area contributed by atoms with Crippen molar-refractivity contribution in [3.8, 4) is 22.9 Å². The number of carboxylic acids is 2. The Morgan fingerprint density at radius 1 is 0.982 bits per heavy atom. The maximum absolute atomic E-state index is 15.3. The average molecular weight is 870 g/mol. The van der Waals surface area contributed by atoms with Gasteiger partial charge in [-0.2, -0.15) is 0 Å². The topological polar surface area (TPSA) is 192 Å². The zero-order valence-electron chi connectivity index (χ0n) is 30.2. The minimum Gasteiger partial charge on any atom is -0.497 e. The standard InChI is InChI=1S/C34H33FIN5O6.C4H4O4/c1-20-31(34(44)41(23-9-7-6-8-10-23)40(20)32(36)21(2)46-30(42)19-39(3)4)33(43)38-22-11-14-29(26(35)17-22)47-28-15-16-37-27-18-24(45-5)12-13-25(27)28;5-3(6)1-2-4(7)8/h6-18,21,32H,19H2,1-5H3,(H,38,43);1-2H,(H,5,6)(H,7,8). The highest BCUT2D eigenvalue weighted by Gasteiger charge is 2.30. The van der Waals surface area contributed by atoms with Gasteiger partial charge in [-0.15, -0.1) is 0 Å². The summed E-state index contributed by atoms with van der Waals surface area (Å²) in [7, 11) is 5.07. The molecule has 0 bridgehead atoms. The SMILES string of the molecule is COc1ccc2c(Oc3ccc(NC(=O)c4c(C)n(C(I)C(C)OC(=O)CN(C)C)n(-c5ccccc5)c4=O)cc3F)ccnc2c1.O=C(O)C=CC(=O)O. The number of fused-ring (bicyclic) bond motifs is 1. The molecule has 2 heterocycles. The first-order chi connectivity index (χ1) is 26.1. The number of rotatable bonds is 13. The number of benzene rings is 3. The summed E-state index contributed by atoms with van der Waals surface area (Å²) in [6, 6.07) is 19.7. The van der Waals surface area contributed by atoms with Crippen LogP contribution in [0.3, 0.4) is 0 Å². The normalized spacial score (nSPS) is 12.1. The number of amides is 1. The molecule has 2 unspecified atom stereocenters. The van der Waals surface area contributed by atoms with Crippen molar-refractivity contribution in [2.24, 2.45) is 0 Å². The zero-order chi connectivity index (χ0) is 40.4. The van der Waals surface area contributed by atoms with E-state index in [2.05, 4.69) is 32.9 Å². The Kier molecular flexibility index (Phi) is 14.2. The third-order valence-corrected chi connectivity index (χ3v) is 9.17. The van der Waals surface area contributed by atoms with Crippen LogP contribution < -0.4 is 20.3 Å². The van der Waals surface area contributed by atoms with E-state index in [-0.39, 0.29) is 23.5 Å². The molecule has 55 heavy (non-hydrogen) atoms. The van der Waals surface area contributed by atoms with Gasteiger partial charge in [-0.3, -0.25) is 28.9 Å². The number of carbonyl (C=O) groups is 4. The van der Waals surface area contributed by atoms with E-state index < -0.39 is 45.3 Å². The van der Waals surface area contributed by atoms with Crippen LogP contribution in [0, 0.1) is 12.7 Å². The van der Waals surface area contributed by atoms with Crippen LogP contribution in [0.1, 0.15) is 27.0 Å². The third-order valence-electron chi connectivity index (χ3n) is 7.63. The molecular formula is C38H37FIN5O10. The van der Waals surface area contributed by atoms with Crippen molar-refractivity contribution in [1.82, 2.24) is 19.2 Å². The lowest BCUT2D eigenvalue weighted by Gasteiger charge is -2.25. The van der Waals surface area contributed by atoms with Crippen LogP contribution in [0.2, 0.25) is 0 Å². The van der Waals surface area contributed by atoms with Gasteiger partial charge < -0.3 is 29.7 Å². The first-order valence-corrected chi connectivity index (χ1v) is 17.6. The van der Waals surface area contributed by atoms with Crippen molar-refractivity contribution in [2.75, 3.05) is 33.1 Å². The van der Waals surface area contributed by atoms with Gasteiger partial charge in [0, 0.05) is 41.6 Å². The van der Waals surface area contributed by atoms with E-state index >= 15 is 4.39 Å². The highest BCUT2D eigenvalue weighted by Crippen LogP contribution is 2.33.